The lowest BCUT2D eigenvalue weighted by Crippen LogP contribution is -2.39. The molecule has 0 bridgehead atoms. The van der Waals surface area contributed by atoms with Gasteiger partial charge in [0.15, 0.2) is 0 Å². The van der Waals surface area contributed by atoms with Crippen LogP contribution in [0.25, 0.3) is 22.0 Å². The van der Waals surface area contributed by atoms with Gasteiger partial charge in [-0.05, 0) is 42.0 Å². The normalized spacial score (nSPS) is 16.3. The predicted molar refractivity (Wildman–Crippen MR) is 121 cm³/mol. The van der Waals surface area contributed by atoms with Crippen LogP contribution >= 0.6 is 0 Å². The first-order valence-electron chi connectivity index (χ1n) is 11.1. The molecule has 0 aliphatic heterocycles. The van der Waals surface area contributed by atoms with E-state index in [2.05, 4.69) is 0 Å². The molecule has 1 heterocycles. The van der Waals surface area contributed by atoms with Crippen molar-refractivity contribution in [2.75, 3.05) is 0 Å². The van der Waals surface area contributed by atoms with Crippen LogP contribution in [0.5, 0.6) is 0 Å². The van der Waals surface area contributed by atoms with E-state index in [0.29, 0.717) is 24.9 Å². The number of halogens is 6. The van der Waals surface area contributed by atoms with Crippen LogP contribution in [0.3, 0.4) is 0 Å². The topological polar surface area (TPSA) is 51.1 Å². The molecule has 4 nitrogen and oxygen atoms in total. The highest BCUT2D eigenvalue weighted by Gasteiger charge is 2.47. The van der Waals surface area contributed by atoms with Crippen LogP contribution < -0.4 is 4.72 Å². The average molecular weight is 519 g/mol. The minimum Gasteiger partial charge on any atom is -0.347 e. The van der Waals surface area contributed by atoms with E-state index in [4.69, 9.17) is 0 Å². The lowest BCUT2D eigenvalue weighted by Gasteiger charge is -2.21. The molecule has 0 spiro atoms. The minimum atomic E-state index is -4.92. The van der Waals surface area contributed by atoms with Gasteiger partial charge in [-0.1, -0.05) is 44.2 Å². The standard InChI is InChI=1S/C24H24F6N2O2S/c1-14(2)12-32-13-19(22(24(28,29)30)31-35(33,34)16-8-9-16)18-10-7-15(11-21(18)32)17-5-3-4-6-20(17)23(25,26)27/h3-7,10-11,13-14,16,22,31H,8-9,12H2,1-2H3/t22-/m0/s1. The molecule has 1 aliphatic rings. The maximum atomic E-state index is 14.1. The molecule has 1 atom stereocenters. The molecule has 35 heavy (non-hydrogen) atoms. The number of rotatable bonds is 7. The Morgan fingerprint density at radius 3 is 2.26 bits per heavy atom. The van der Waals surface area contributed by atoms with Crippen LogP contribution in [0.15, 0.2) is 48.7 Å². The van der Waals surface area contributed by atoms with Crippen molar-refractivity contribution >= 4 is 20.9 Å². The summed E-state index contributed by atoms with van der Waals surface area (Å²) in [4.78, 5) is 0. The van der Waals surface area contributed by atoms with E-state index in [1.165, 1.54) is 42.6 Å². The van der Waals surface area contributed by atoms with Gasteiger partial charge in [0.25, 0.3) is 0 Å². The second-order valence-electron chi connectivity index (χ2n) is 9.24. The minimum absolute atomic E-state index is 0.0112. The summed E-state index contributed by atoms with van der Waals surface area (Å²) in [5.74, 6) is 0.0112. The zero-order valence-corrected chi connectivity index (χ0v) is 19.7. The number of aromatic nitrogens is 1. The highest BCUT2D eigenvalue weighted by atomic mass is 32.2. The molecule has 1 saturated carbocycles. The van der Waals surface area contributed by atoms with Crippen LogP contribution in [-0.4, -0.2) is 24.4 Å². The van der Waals surface area contributed by atoms with Gasteiger partial charge in [-0.15, -0.1) is 0 Å². The summed E-state index contributed by atoms with van der Waals surface area (Å²) < 4.78 is 111. The van der Waals surface area contributed by atoms with E-state index in [-0.39, 0.29) is 28.0 Å². The molecular formula is C24H24F6N2O2S. The number of fused-ring (bicyclic) bond motifs is 1. The molecule has 190 valence electrons. The summed E-state index contributed by atoms with van der Waals surface area (Å²) in [5.41, 5.74) is -0.743. The molecule has 0 saturated heterocycles. The van der Waals surface area contributed by atoms with E-state index in [9.17, 15) is 34.8 Å². The fourth-order valence-electron chi connectivity index (χ4n) is 4.19. The van der Waals surface area contributed by atoms with Gasteiger partial charge < -0.3 is 4.57 Å². The summed E-state index contributed by atoms with van der Waals surface area (Å²) >= 11 is 0. The lowest BCUT2D eigenvalue weighted by molar-refractivity contribution is -0.152. The van der Waals surface area contributed by atoms with Crippen molar-refractivity contribution in [3.05, 3.63) is 59.8 Å². The number of benzene rings is 2. The van der Waals surface area contributed by atoms with Crippen molar-refractivity contribution in [3.63, 3.8) is 0 Å². The van der Waals surface area contributed by atoms with Crippen LogP contribution in [0.1, 0.15) is 43.9 Å². The monoisotopic (exact) mass is 518 g/mol. The van der Waals surface area contributed by atoms with Gasteiger partial charge in [-0.2, -0.15) is 31.1 Å². The number of nitrogens with zero attached hydrogens (tertiary/aromatic N) is 1. The fraction of sp³-hybridized carbons (Fsp3) is 0.417. The summed E-state index contributed by atoms with van der Waals surface area (Å²) in [6, 6.07) is 6.59. The molecule has 11 heteroatoms. The highest BCUT2D eigenvalue weighted by molar-refractivity contribution is 7.90. The maximum absolute atomic E-state index is 14.1. The first kappa shape index (κ1) is 25.6. The van der Waals surface area contributed by atoms with Crippen molar-refractivity contribution in [1.29, 1.82) is 0 Å². The van der Waals surface area contributed by atoms with Crippen molar-refractivity contribution in [2.24, 2.45) is 5.92 Å². The fourth-order valence-corrected chi connectivity index (χ4v) is 5.73. The number of hydrogen-bond donors (Lipinski definition) is 1. The second-order valence-corrected chi connectivity index (χ2v) is 11.2. The van der Waals surface area contributed by atoms with E-state index in [1.807, 2.05) is 18.6 Å². The number of alkyl halides is 6. The molecule has 1 aliphatic carbocycles. The van der Waals surface area contributed by atoms with Gasteiger partial charge in [0.1, 0.15) is 6.04 Å². The molecule has 2 aromatic carbocycles. The largest absolute Gasteiger partial charge is 0.417 e. The molecule has 1 fully saturated rings. The van der Waals surface area contributed by atoms with E-state index in [1.54, 1.807) is 4.57 Å². The van der Waals surface area contributed by atoms with Crippen molar-refractivity contribution in [2.45, 2.75) is 56.9 Å². The Morgan fingerprint density at radius 1 is 1.03 bits per heavy atom. The Balaban J connectivity index is 1.89. The smallest absolute Gasteiger partial charge is 0.347 e. The van der Waals surface area contributed by atoms with Gasteiger partial charge in [0.2, 0.25) is 10.0 Å². The Kier molecular flexibility index (Phi) is 6.46. The SMILES string of the molecule is CC(C)Cn1cc([C@H](NS(=O)(=O)C2CC2)C(F)(F)F)c2ccc(-c3ccccc3C(F)(F)F)cc21. The van der Waals surface area contributed by atoms with Crippen molar-refractivity contribution in [3.8, 4) is 11.1 Å². The summed E-state index contributed by atoms with van der Waals surface area (Å²) in [6.07, 6.45) is -7.68. The third-order valence-corrected chi connectivity index (χ3v) is 7.82. The summed E-state index contributed by atoms with van der Waals surface area (Å²) in [6.45, 7) is 4.00. The number of hydrogen-bond acceptors (Lipinski definition) is 2. The van der Waals surface area contributed by atoms with Crippen molar-refractivity contribution in [1.82, 2.24) is 9.29 Å². The quantitative estimate of drug-likeness (QED) is 0.355. The van der Waals surface area contributed by atoms with Crippen LogP contribution in [0.4, 0.5) is 26.3 Å². The van der Waals surface area contributed by atoms with Gasteiger partial charge in [0.05, 0.1) is 10.8 Å². The summed E-state index contributed by atoms with van der Waals surface area (Å²) in [7, 11) is -4.18. The predicted octanol–water partition coefficient (Wildman–Crippen LogP) is 6.67. The molecule has 4 rings (SSSR count). The Hall–Kier alpha value is -2.53. The molecular weight excluding hydrogens is 494 g/mol. The second kappa shape index (κ2) is 8.85. The first-order chi connectivity index (χ1) is 16.2. The molecule has 1 N–H and O–H groups in total. The zero-order chi connectivity index (χ0) is 25.8. The van der Waals surface area contributed by atoms with Crippen LogP contribution in [0, 0.1) is 5.92 Å². The van der Waals surface area contributed by atoms with Gasteiger partial charge in [-0.25, -0.2) is 8.42 Å². The van der Waals surface area contributed by atoms with Crippen LogP contribution in [-0.2, 0) is 22.7 Å². The Bertz CT molecular complexity index is 1340. The molecule has 0 radical (unpaired) electrons. The third-order valence-electron chi connectivity index (χ3n) is 5.90. The van der Waals surface area contributed by atoms with Gasteiger partial charge in [0, 0.05) is 29.2 Å². The molecule has 0 amide bonds. The number of sulfonamides is 1. The zero-order valence-electron chi connectivity index (χ0n) is 18.9. The molecule has 0 unspecified atom stereocenters. The Morgan fingerprint density at radius 2 is 1.69 bits per heavy atom. The van der Waals surface area contributed by atoms with E-state index in [0.717, 1.165) is 6.07 Å². The van der Waals surface area contributed by atoms with Gasteiger partial charge in [-0.3, -0.25) is 0 Å². The Labute approximate surface area is 199 Å². The third kappa shape index (κ3) is 5.35. The maximum Gasteiger partial charge on any atom is 0.417 e. The highest BCUT2D eigenvalue weighted by Crippen LogP contribution is 2.42. The first-order valence-corrected chi connectivity index (χ1v) is 12.6. The molecule has 3 aromatic rings. The van der Waals surface area contributed by atoms with Crippen LogP contribution in [0.2, 0.25) is 0 Å². The lowest BCUT2D eigenvalue weighted by atomic mass is 9.97. The molecule has 1 aromatic heterocycles. The number of nitrogens with one attached hydrogen (secondary N) is 1. The van der Waals surface area contributed by atoms with E-state index < -0.39 is 39.2 Å². The van der Waals surface area contributed by atoms with E-state index >= 15 is 0 Å². The van der Waals surface area contributed by atoms with Crippen molar-refractivity contribution < 1.29 is 34.8 Å². The summed E-state index contributed by atoms with van der Waals surface area (Å²) in [5, 5.41) is -0.721. The van der Waals surface area contributed by atoms with Gasteiger partial charge >= 0.3 is 12.4 Å². The average Bonchev–Trinajstić information content (AvgIpc) is 3.55.